The molecule has 1 saturated heterocycles. The Morgan fingerprint density at radius 1 is 1.00 bits per heavy atom. The molecule has 2 aromatic rings. The van der Waals surface area contributed by atoms with E-state index in [0.29, 0.717) is 11.8 Å². The minimum Gasteiger partial charge on any atom is -0.469 e. The van der Waals surface area contributed by atoms with Crippen LogP contribution in [-0.2, 0) is 4.79 Å². The maximum Gasteiger partial charge on any atom is 0.226 e. The normalized spacial score (nSPS) is 24.4. The monoisotopic (exact) mass is 296 g/mol. The van der Waals surface area contributed by atoms with E-state index in [2.05, 4.69) is 29.2 Å². The molecule has 0 bridgehead atoms. The second kappa shape index (κ2) is 5.52. The molecular weight excluding hydrogens is 276 g/mol. The highest BCUT2D eigenvalue weighted by Gasteiger charge is 2.47. The smallest absolute Gasteiger partial charge is 0.226 e. The molecule has 1 aliphatic carbocycles. The van der Waals surface area contributed by atoms with E-state index < -0.39 is 0 Å². The van der Waals surface area contributed by atoms with Crippen LogP contribution in [0.3, 0.4) is 0 Å². The summed E-state index contributed by atoms with van der Waals surface area (Å²) in [6.07, 6.45) is 2.62. The first-order valence-corrected chi connectivity index (χ1v) is 7.95. The lowest BCUT2D eigenvalue weighted by Crippen LogP contribution is -2.49. The first kappa shape index (κ1) is 13.4. The van der Waals surface area contributed by atoms with Gasteiger partial charge in [0.1, 0.15) is 5.76 Å². The van der Waals surface area contributed by atoms with Gasteiger partial charge in [0.05, 0.1) is 6.26 Å². The standard InChI is InChI=1S/C18H20N2O2/c21-18(16-13-15(16)17-7-4-12-22-17)20-10-8-19(9-11-20)14-5-2-1-3-6-14/h1-7,12,15-16H,8-11,13H2/t15-,16-/m1/s1. The maximum atomic E-state index is 12.6. The zero-order chi connectivity index (χ0) is 14.9. The fourth-order valence-electron chi connectivity index (χ4n) is 3.34. The lowest BCUT2D eigenvalue weighted by Gasteiger charge is -2.36. The van der Waals surface area contributed by atoms with E-state index in [0.717, 1.165) is 38.4 Å². The summed E-state index contributed by atoms with van der Waals surface area (Å²) in [5, 5.41) is 0. The average Bonchev–Trinajstić information content (AvgIpc) is 3.20. The fourth-order valence-corrected chi connectivity index (χ4v) is 3.34. The molecule has 2 aliphatic rings. The first-order valence-electron chi connectivity index (χ1n) is 7.95. The Morgan fingerprint density at radius 2 is 1.77 bits per heavy atom. The molecule has 2 atom stereocenters. The third-order valence-corrected chi connectivity index (χ3v) is 4.73. The topological polar surface area (TPSA) is 36.7 Å². The minimum absolute atomic E-state index is 0.134. The van der Waals surface area contributed by atoms with Crippen molar-refractivity contribution in [2.45, 2.75) is 12.3 Å². The summed E-state index contributed by atoms with van der Waals surface area (Å²) in [7, 11) is 0. The number of carbonyl (C=O) groups excluding carboxylic acids is 1. The van der Waals surface area contributed by atoms with E-state index in [1.807, 2.05) is 23.1 Å². The Morgan fingerprint density at radius 3 is 2.45 bits per heavy atom. The van der Waals surface area contributed by atoms with Gasteiger partial charge in [-0.25, -0.2) is 0 Å². The van der Waals surface area contributed by atoms with Gasteiger partial charge in [0.15, 0.2) is 0 Å². The van der Waals surface area contributed by atoms with E-state index in [4.69, 9.17) is 4.42 Å². The van der Waals surface area contributed by atoms with Gasteiger partial charge in [-0.15, -0.1) is 0 Å². The van der Waals surface area contributed by atoms with Gasteiger partial charge in [0.2, 0.25) is 5.91 Å². The molecule has 114 valence electrons. The second-order valence-corrected chi connectivity index (χ2v) is 6.11. The van der Waals surface area contributed by atoms with Crippen molar-refractivity contribution in [2.75, 3.05) is 31.1 Å². The summed E-state index contributed by atoms with van der Waals surface area (Å²) >= 11 is 0. The minimum atomic E-state index is 0.134. The lowest BCUT2D eigenvalue weighted by atomic mass is 10.2. The molecule has 4 rings (SSSR count). The van der Waals surface area contributed by atoms with Gasteiger partial charge in [0.25, 0.3) is 0 Å². The highest BCUT2D eigenvalue weighted by Crippen LogP contribution is 2.48. The number of piperazine rings is 1. The zero-order valence-corrected chi connectivity index (χ0v) is 12.5. The van der Waals surface area contributed by atoms with Gasteiger partial charge in [-0.2, -0.15) is 0 Å². The number of para-hydroxylation sites is 1. The van der Waals surface area contributed by atoms with Crippen LogP contribution in [0.15, 0.2) is 53.1 Å². The van der Waals surface area contributed by atoms with Crippen molar-refractivity contribution >= 4 is 11.6 Å². The molecule has 22 heavy (non-hydrogen) atoms. The van der Waals surface area contributed by atoms with Gasteiger partial charge in [-0.3, -0.25) is 4.79 Å². The highest BCUT2D eigenvalue weighted by molar-refractivity contribution is 5.83. The van der Waals surface area contributed by atoms with Crippen LogP contribution < -0.4 is 4.90 Å². The number of carbonyl (C=O) groups is 1. The number of anilines is 1. The third-order valence-electron chi connectivity index (χ3n) is 4.73. The summed E-state index contributed by atoms with van der Waals surface area (Å²) in [4.78, 5) is 16.9. The molecule has 0 unspecified atom stereocenters. The van der Waals surface area contributed by atoms with Crippen LogP contribution in [0.4, 0.5) is 5.69 Å². The van der Waals surface area contributed by atoms with Gasteiger partial charge < -0.3 is 14.2 Å². The van der Waals surface area contributed by atoms with Gasteiger partial charge >= 0.3 is 0 Å². The number of furan rings is 1. The van der Waals surface area contributed by atoms with E-state index in [1.165, 1.54) is 5.69 Å². The Labute approximate surface area is 130 Å². The molecule has 1 aromatic carbocycles. The predicted octanol–water partition coefficient (Wildman–Crippen LogP) is 2.73. The van der Waals surface area contributed by atoms with E-state index >= 15 is 0 Å². The van der Waals surface area contributed by atoms with Crippen LogP contribution in [0, 0.1) is 5.92 Å². The molecule has 1 saturated carbocycles. The predicted molar refractivity (Wildman–Crippen MR) is 84.8 cm³/mol. The van der Waals surface area contributed by atoms with Crippen LogP contribution >= 0.6 is 0 Å². The second-order valence-electron chi connectivity index (χ2n) is 6.11. The summed E-state index contributed by atoms with van der Waals surface area (Å²) in [6.45, 7) is 3.45. The van der Waals surface area contributed by atoms with Gasteiger partial charge in [-0.1, -0.05) is 18.2 Å². The lowest BCUT2D eigenvalue weighted by molar-refractivity contribution is -0.133. The summed E-state index contributed by atoms with van der Waals surface area (Å²) < 4.78 is 5.42. The Balaban J connectivity index is 1.33. The van der Waals surface area contributed by atoms with Crippen molar-refractivity contribution in [1.82, 2.24) is 4.90 Å². The summed E-state index contributed by atoms with van der Waals surface area (Å²) in [5.74, 6) is 1.69. The van der Waals surface area contributed by atoms with E-state index in [9.17, 15) is 4.79 Å². The van der Waals surface area contributed by atoms with Crippen LogP contribution in [0.1, 0.15) is 18.1 Å². The Bertz CT molecular complexity index is 630. The molecule has 0 radical (unpaired) electrons. The number of hydrogen-bond donors (Lipinski definition) is 0. The van der Waals surface area contributed by atoms with Crippen LogP contribution in [0.25, 0.3) is 0 Å². The molecule has 1 amide bonds. The molecule has 1 aliphatic heterocycles. The Kier molecular flexibility index (Phi) is 3.37. The van der Waals surface area contributed by atoms with Crippen molar-refractivity contribution in [3.63, 3.8) is 0 Å². The summed E-state index contributed by atoms with van der Waals surface area (Å²) in [5.41, 5.74) is 1.24. The SMILES string of the molecule is O=C([C@@H]1C[C@H]1c1ccco1)N1CCN(c2ccccc2)CC1. The zero-order valence-electron chi connectivity index (χ0n) is 12.5. The molecule has 0 spiro atoms. The number of nitrogens with zero attached hydrogens (tertiary/aromatic N) is 2. The molecule has 1 aromatic heterocycles. The van der Waals surface area contributed by atoms with Crippen molar-refractivity contribution in [3.05, 3.63) is 54.5 Å². The molecule has 0 N–H and O–H groups in total. The average molecular weight is 296 g/mol. The van der Waals surface area contributed by atoms with Crippen molar-refractivity contribution in [1.29, 1.82) is 0 Å². The number of amides is 1. The Hall–Kier alpha value is -2.23. The molecule has 4 nitrogen and oxygen atoms in total. The largest absolute Gasteiger partial charge is 0.469 e. The highest BCUT2D eigenvalue weighted by atomic mass is 16.3. The van der Waals surface area contributed by atoms with Crippen LogP contribution in [0.2, 0.25) is 0 Å². The van der Waals surface area contributed by atoms with Crippen LogP contribution in [-0.4, -0.2) is 37.0 Å². The van der Waals surface area contributed by atoms with Gasteiger partial charge in [-0.05, 0) is 30.7 Å². The summed E-state index contributed by atoms with van der Waals surface area (Å²) in [6, 6.07) is 14.3. The fraction of sp³-hybridized carbons (Fsp3) is 0.389. The van der Waals surface area contributed by atoms with Gasteiger partial charge in [0, 0.05) is 43.7 Å². The van der Waals surface area contributed by atoms with E-state index in [-0.39, 0.29) is 5.92 Å². The number of benzene rings is 1. The molecular formula is C18H20N2O2. The quantitative estimate of drug-likeness (QED) is 0.874. The molecule has 2 fully saturated rings. The van der Waals surface area contributed by atoms with Crippen molar-refractivity contribution in [3.8, 4) is 0 Å². The van der Waals surface area contributed by atoms with Crippen LogP contribution in [0.5, 0.6) is 0 Å². The van der Waals surface area contributed by atoms with E-state index in [1.54, 1.807) is 6.26 Å². The third kappa shape index (κ3) is 2.49. The maximum absolute atomic E-state index is 12.6. The first-order chi connectivity index (χ1) is 10.8. The number of hydrogen-bond acceptors (Lipinski definition) is 3. The number of rotatable bonds is 3. The molecule has 2 heterocycles. The van der Waals surface area contributed by atoms with Crippen molar-refractivity contribution in [2.24, 2.45) is 5.92 Å². The molecule has 4 heteroatoms. The van der Waals surface area contributed by atoms with Crippen molar-refractivity contribution < 1.29 is 9.21 Å².